The molecule has 0 fully saturated rings. The number of aryl methyl sites for hydroxylation is 1. The van der Waals surface area contributed by atoms with E-state index >= 15 is 0 Å². The van der Waals surface area contributed by atoms with Gasteiger partial charge >= 0.3 is 0 Å². The maximum Gasteiger partial charge on any atom is 0.268 e. The van der Waals surface area contributed by atoms with Crippen LogP contribution in [0.4, 0.5) is 0 Å². The van der Waals surface area contributed by atoms with Crippen LogP contribution < -0.4 is 5.32 Å². The molecule has 1 rings (SSSR count). The first kappa shape index (κ1) is 15.0. The van der Waals surface area contributed by atoms with Gasteiger partial charge in [0.1, 0.15) is 10.6 Å². The standard InChI is InChI=1S/C10H15ClN2O4S/c1-3-17-5-4-12-10(14)9-6-8(7-13(9)2)18(11,15)16/h6-7H,3-5H2,1-2H3,(H,12,14). The van der Waals surface area contributed by atoms with Gasteiger partial charge in [0.25, 0.3) is 15.0 Å². The first-order chi connectivity index (χ1) is 8.36. The van der Waals surface area contributed by atoms with E-state index in [1.807, 2.05) is 6.92 Å². The summed E-state index contributed by atoms with van der Waals surface area (Å²) in [6, 6.07) is 1.23. The topological polar surface area (TPSA) is 77.4 Å². The van der Waals surface area contributed by atoms with Crippen LogP contribution in [-0.2, 0) is 20.8 Å². The molecule has 1 aromatic heterocycles. The van der Waals surface area contributed by atoms with Crippen LogP contribution in [0.3, 0.4) is 0 Å². The van der Waals surface area contributed by atoms with E-state index in [-0.39, 0.29) is 16.5 Å². The van der Waals surface area contributed by atoms with Crippen LogP contribution in [0.5, 0.6) is 0 Å². The monoisotopic (exact) mass is 294 g/mol. The molecule has 102 valence electrons. The number of hydrogen-bond donors (Lipinski definition) is 1. The maximum atomic E-state index is 11.7. The maximum absolute atomic E-state index is 11.7. The number of amides is 1. The summed E-state index contributed by atoms with van der Waals surface area (Å²) in [5.74, 6) is -0.372. The van der Waals surface area contributed by atoms with E-state index in [2.05, 4.69) is 5.32 Å². The zero-order chi connectivity index (χ0) is 13.8. The number of halogens is 1. The van der Waals surface area contributed by atoms with Gasteiger partial charge < -0.3 is 14.6 Å². The summed E-state index contributed by atoms with van der Waals surface area (Å²) in [5, 5.41) is 2.62. The molecule has 0 saturated heterocycles. The summed E-state index contributed by atoms with van der Waals surface area (Å²) < 4.78 is 28.7. The molecule has 0 saturated carbocycles. The molecule has 0 aliphatic heterocycles. The van der Waals surface area contributed by atoms with Crippen LogP contribution in [0.15, 0.2) is 17.2 Å². The van der Waals surface area contributed by atoms with Crippen molar-refractivity contribution in [2.75, 3.05) is 19.8 Å². The van der Waals surface area contributed by atoms with Gasteiger partial charge in [-0.15, -0.1) is 0 Å². The van der Waals surface area contributed by atoms with Crippen molar-refractivity contribution in [3.05, 3.63) is 18.0 Å². The molecule has 0 spiro atoms. The van der Waals surface area contributed by atoms with Crippen LogP contribution in [0.2, 0.25) is 0 Å². The van der Waals surface area contributed by atoms with Gasteiger partial charge in [-0.25, -0.2) is 8.42 Å². The van der Waals surface area contributed by atoms with E-state index in [1.54, 1.807) is 7.05 Å². The first-order valence-corrected chi connectivity index (χ1v) is 7.64. The van der Waals surface area contributed by atoms with Crippen molar-refractivity contribution in [3.8, 4) is 0 Å². The molecule has 0 aromatic carbocycles. The Morgan fingerprint density at radius 2 is 2.22 bits per heavy atom. The molecule has 0 aliphatic carbocycles. The fourth-order valence-electron chi connectivity index (χ4n) is 1.36. The second-order valence-electron chi connectivity index (χ2n) is 3.56. The lowest BCUT2D eigenvalue weighted by Crippen LogP contribution is -2.28. The lowest BCUT2D eigenvalue weighted by molar-refractivity contribution is 0.0914. The molecule has 6 nitrogen and oxygen atoms in total. The quantitative estimate of drug-likeness (QED) is 0.619. The average Bonchev–Trinajstić information content (AvgIpc) is 2.66. The van der Waals surface area contributed by atoms with Gasteiger partial charge in [0, 0.05) is 37.1 Å². The average molecular weight is 295 g/mol. The van der Waals surface area contributed by atoms with Crippen molar-refractivity contribution < 1.29 is 17.9 Å². The Morgan fingerprint density at radius 3 is 2.72 bits per heavy atom. The van der Waals surface area contributed by atoms with Crippen molar-refractivity contribution in [3.63, 3.8) is 0 Å². The number of nitrogens with zero attached hydrogens (tertiary/aromatic N) is 1. The highest BCUT2D eigenvalue weighted by molar-refractivity contribution is 8.13. The second-order valence-corrected chi connectivity index (χ2v) is 6.13. The number of ether oxygens (including phenoxy) is 1. The van der Waals surface area contributed by atoms with E-state index in [0.29, 0.717) is 19.8 Å². The molecule has 8 heteroatoms. The fraction of sp³-hybridized carbons (Fsp3) is 0.500. The Bertz CT molecular complexity index is 524. The van der Waals surface area contributed by atoms with Crippen molar-refractivity contribution >= 4 is 25.6 Å². The number of carbonyl (C=O) groups is 1. The Kier molecular flexibility index (Phi) is 5.18. The first-order valence-electron chi connectivity index (χ1n) is 5.33. The minimum atomic E-state index is -3.82. The van der Waals surface area contributed by atoms with Gasteiger partial charge in [0.2, 0.25) is 0 Å². The summed E-state index contributed by atoms with van der Waals surface area (Å²) in [5.41, 5.74) is 0.228. The molecule has 18 heavy (non-hydrogen) atoms. The third-order valence-electron chi connectivity index (χ3n) is 2.23. The lowest BCUT2D eigenvalue weighted by atomic mass is 10.4. The van der Waals surface area contributed by atoms with Crippen molar-refractivity contribution in [1.29, 1.82) is 0 Å². The van der Waals surface area contributed by atoms with Gasteiger partial charge in [-0.3, -0.25) is 4.79 Å². The molecular weight excluding hydrogens is 280 g/mol. The van der Waals surface area contributed by atoms with Crippen LogP contribution in [-0.4, -0.2) is 38.7 Å². The fourth-order valence-corrected chi connectivity index (χ4v) is 2.15. The Balaban J connectivity index is 2.72. The minimum Gasteiger partial charge on any atom is -0.380 e. The number of nitrogens with one attached hydrogen (secondary N) is 1. The molecule has 1 amide bonds. The SMILES string of the molecule is CCOCCNC(=O)c1cc(S(=O)(=O)Cl)cn1C. The Labute approximate surface area is 110 Å². The predicted octanol–water partition coefficient (Wildman–Crippen LogP) is 0.719. The van der Waals surface area contributed by atoms with Gasteiger partial charge in [-0.05, 0) is 13.0 Å². The van der Waals surface area contributed by atoms with Crippen molar-refractivity contribution in [2.24, 2.45) is 7.05 Å². The summed E-state index contributed by atoms with van der Waals surface area (Å²) in [4.78, 5) is 11.6. The molecular formula is C10H15ClN2O4S. The highest BCUT2D eigenvalue weighted by Gasteiger charge is 2.18. The minimum absolute atomic E-state index is 0.0957. The zero-order valence-corrected chi connectivity index (χ0v) is 11.7. The molecule has 0 bridgehead atoms. The van der Waals surface area contributed by atoms with Crippen molar-refractivity contribution in [1.82, 2.24) is 9.88 Å². The third kappa shape index (κ3) is 4.01. The summed E-state index contributed by atoms with van der Waals surface area (Å²) in [6.45, 7) is 3.21. The zero-order valence-electron chi connectivity index (χ0n) is 10.1. The van der Waals surface area contributed by atoms with E-state index in [9.17, 15) is 13.2 Å². The number of carbonyl (C=O) groups excluding carboxylic acids is 1. The second kappa shape index (κ2) is 6.21. The Morgan fingerprint density at radius 1 is 1.56 bits per heavy atom. The number of aromatic nitrogens is 1. The number of hydrogen-bond acceptors (Lipinski definition) is 4. The predicted molar refractivity (Wildman–Crippen MR) is 67.3 cm³/mol. The smallest absolute Gasteiger partial charge is 0.268 e. The summed E-state index contributed by atoms with van der Waals surface area (Å²) >= 11 is 0. The van der Waals surface area contributed by atoms with Gasteiger partial charge in [-0.2, -0.15) is 0 Å². The van der Waals surface area contributed by atoms with E-state index in [4.69, 9.17) is 15.4 Å². The summed E-state index contributed by atoms with van der Waals surface area (Å²) in [6.07, 6.45) is 1.29. The Hall–Kier alpha value is -1.05. The molecule has 1 heterocycles. The van der Waals surface area contributed by atoms with E-state index < -0.39 is 9.05 Å². The largest absolute Gasteiger partial charge is 0.380 e. The highest BCUT2D eigenvalue weighted by atomic mass is 35.7. The van der Waals surface area contributed by atoms with Gasteiger partial charge in [-0.1, -0.05) is 0 Å². The lowest BCUT2D eigenvalue weighted by Gasteiger charge is -2.05. The summed E-state index contributed by atoms with van der Waals surface area (Å²) in [7, 11) is 2.95. The molecule has 0 aliphatic rings. The van der Waals surface area contributed by atoms with Crippen LogP contribution in [0.25, 0.3) is 0 Å². The molecule has 1 N–H and O–H groups in total. The number of rotatable bonds is 6. The van der Waals surface area contributed by atoms with E-state index in [1.165, 1.54) is 16.8 Å². The van der Waals surface area contributed by atoms with Crippen LogP contribution in [0, 0.1) is 0 Å². The van der Waals surface area contributed by atoms with Crippen LogP contribution in [0.1, 0.15) is 17.4 Å². The highest BCUT2D eigenvalue weighted by Crippen LogP contribution is 2.17. The van der Waals surface area contributed by atoms with Gasteiger partial charge in [0.15, 0.2) is 0 Å². The molecule has 0 unspecified atom stereocenters. The van der Waals surface area contributed by atoms with Crippen molar-refractivity contribution in [2.45, 2.75) is 11.8 Å². The molecule has 1 aromatic rings. The normalized spacial score (nSPS) is 11.5. The van der Waals surface area contributed by atoms with Crippen LogP contribution >= 0.6 is 10.7 Å². The molecule has 0 atom stereocenters. The van der Waals surface area contributed by atoms with E-state index in [0.717, 1.165) is 0 Å². The third-order valence-corrected chi connectivity index (χ3v) is 3.55. The van der Waals surface area contributed by atoms with Gasteiger partial charge in [0.05, 0.1) is 6.61 Å². The molecule has 0 radical (unpaired) electrons.